The fourth-order valence-electron chi connectivity index (χ4n) is 3.83. The Hall–Kier alpha value is -2.23. The summed E-state index contributed by atoms with van der Waals surface area (Å²) in [6, 6.07) is 9.48. The van der Waals surface area contributed by atoms with Gasteiger partial charge in [-0.25, -0.2) is 4.57 Å². The minimum atomic E-state index is -0.382. The number of aromatic nitrogens is 1. The van der Waals surface area contributed by atoms with Crippen LogP contribution in [0, 0.1) is 5.92 Å². The number of hydrogen-bond donors (Lipinski definition) is 1. The second-order valence-corrected chi connectivity index (χ2v) is 7.07. The van der Waals surface area contributed by atoms with Gasteiger partial charge in [0.05, 0.1) is 6.04 Å². The summed E-state index contributed by atoms with van der Waals surface area (Å²) in [6.45, 7) is 1.96. The van der Waals surface area contributed by atoms with E-state index < -0.39 is 0 Å². The first kappa shape index (κ1) is 17.6. The number of amides is 1. The summed E-state index contributed by atoms with van der Waals surface area (Å²) in [4.78, 5) is 25.5. The minimum absolute atomic E-state index is 0.117. The van der Waals surface area contributed by atoms with Gasteiger partial charge in [-0.2, -0.15) is 0 Å². The van der Waals surface area contributed by atoms with Crippen molar-refractivity contribution in [3.05, 3.63) is 42.1 Å². The smallest absolute Gasteiger partial charge is 0.257 e. The van der Waals surface area contributed by atoms with Gasteiger partial charge in [0.25, 0.3) is 5.91 Å². The second kappa shape index (κ2) is 7.77. The predicted octanol–water partition coefficient (Wildman–Crippen LogP) is 3.32. The number of ketones is 1. The molecule has 0 aliphatic heterocycles. The summed E-state index contributed by atoms with van der Waals surface area (Å²) in [5, 5.41) is 3.99. The molecule has 0 saturated heterocycles. The minimum Gasteiger partial charge on any atom is -0.342 e. The third-order valence-corrected chi connectivity index (χ3v) is 5.29. The maximum absolute atomic E-state index is 12.8. The van der Waals surface area contributed by atoms with E-state index in [2.05, 4.69) is 5.32 Å². The van der Waals surface area contributed by atoms with E-state index in [0.29, 0.717) is 12.0 Å². The van der Waals surface area contributed by atoms with Crippen molar-refractivity contribution in [2.75, 3.05) is 0 Å². The summed E-state index contributed by atoms with van der Waals surface area (Å²) < 4.78 is 1.95. The molecule has 1 saturated carbocycles. The maximum atomic E-state index is 12.8. The zero-order chi connectivity index (χ0) is 17.8. The molecule has 1 amide bonds. The van der Waals surface area contributed by atoms with Gasteiger partial charge >= 0.3 is 0 Å². The number of hydrogen-bond acceptors (Lipinski definition) is 2. The summed E-state index contributed by atoms with van der Waals surface area (Å²) in [7, 11) is 1.93. The van der Waals surface area contributed by atoms with Gasteiger partial charge in [-0.3, -0.25) is 9.59 Å². The molecule has 1 unspecified atom stereocenters. The van der Waals surface area contributed by atoms with Crippen LogP contribution in [0.3, 0.4) is 0 Å². The normalized spacial score (nSPS) is 16.6. The van der Waals surface area contributed by atoms with Gasteiger partial charge in [0.15, 0.2) is 12.0 Å². The molecule has 1 fully saturated rings. The molecule has 1 aromatic heterocycles. The summed E-state index contributed by atoms with van der Waals surface area (Å²) >= 11 is 0. The number of rotatable bonds is 5. The molecule has 0 spiro atoms. The lowest BCUT2D eigenvalue weighted by molar-refractivity contribution is -0.645. The lowest BCUT2D eigenvalue weighted by Crippen LogP contribution is -2.44. The number of Topliss-reactive ketones (excluding diaryl/α,β-unsaturated/α-hetero) is 1. The van der Waals surface area contributed by atoms with Crippen LogP contribution < -0.4 is 9.88 Å². The van der Waals surface area contributed by atoms with Crippen molar-refractivity contribution in [2.45, 2.75) is 51.5 Å². The van der Waals surface area contributed by atoms with Crippen molar-refractivity contribution in [3.63, 3.8) is 0 Å². The molecule has 25 heavy (non-hydrogen) atoms. The van der Waals surface area contributed by atoms with Crippen molar-refractivity contribution in [1.29, 1.82) is 0 Å². The van der Waals surface area contributed by atoms with Gasteiger partial charge in [-0.15, -0.1) is 0 Å². The molecule has 1 atom stereocenters. The van der Waals surface area contributed by atoms with Gasteiger partial charge in [0.2, 0.25) is 5.52 Å². The fourth-order valence-corrected chi connectivity index (χ4v) is 3.83. The highest BCUT2D eigenvalue weighted by Gasteiger charge is 2.28. The molecule has 1 N–H and O–H groups in total. The highest BCUT2D eigenvalue weighted by Crippen LogP contribution is 2.26. The highest BCUT2D eigenvalue weighted by molar-refractivity contribution is 5.99. The Balaban J connectivity index is 1.76. The third kappa shape index (κ3) is 3.89. The van der Waals surface area contributed by atoms with Crippen LogP contribution in [0.4, 0.5) is 0 Å². The number of nitrogens with one attached hydrogen (secondary N) is 1. The number of benzene rings is 1. The van der Waals surface area contributed by atoms with Gasteiger partial charge in [0, 0.05) is 17.4 Å². The van der Waals surface area contributed by atoms with E-state index in [-0.39, 0.29) is 23.7 Å². The van der Waals surface area contributed by atoms with Crippen molar-refractivity contribution in [1.82, 2.24) is 5.32 Å². The molecule has 132 valence electrons. The highest BCUT2D eigenvalue weighted by atomic mass is 16.2. The Kier molecular flexibility index (Phi) is 5.47. The topological polar surface area (TPSA) is 50.1 Å². The quantitative estimate of drug-likeness (QED) is 0.850. The number of fused-ring (bicyclic) bond motifs is 1. The molecule has 4 heteroatoms. The van der Waals surface area contributed by atoms with E-state index in [4.69, 9.17) is 0 Å². The molecule has 1 aliphatic rings. The summed E-state index contributed by atoms with van der Waals surface area (Å²) in [6.07, 6.45) is 7.88. The Morgan fingerprint density at radius 3 is 2.64 bits per heavy atom. The van der Waals surface area contributed by atoms with Gasteiger partial charge < -0.3 is 5.32 Å². The van der Waals surface area contributed by atoms with Crippen LogP contribution in [0.25, 0.3) is 10.9 Å². The van der Waals surface area contributed by atoms with Crippen LogP contribution in [0.5, 0.6) is 0 Å². The number of aryl methyl sites for hydroxylation is 1. The van der Waals surface area contributed by atoms with Crippen LogP contribution in [-0.4, -0.2) is 17.7 Å². The van der Waals surface area contributed by atoms with E-state index >= 15 is 0 Å². The first-order valence-corrected chi connectivity index (χ1v) is 9.33. The standard InChI is InChI=1S/C21H26N2O2/c1-3-18(20(24)15-9-5-4-6-10-15)22-21(25)17-13-16-11-7-8-12-19(16)23(2)14-17/h7-8,11-15,18H,3-6,9-10H2,1-2H3/p+1. The zero-order valence-corrected chi connectivity index (χ0v) is 15.1. The summed E-state index contributed by atoms with van der Waals surface area (Å²) in [5.74, 6) is 0.157. The Morgan fingerprint density at radius 2 is 1.92 bits per heavy atom. The van der Waals surface area contributed by atoms with E-state index in [1.54, 1.807) is 0 Å². The Labute approximate surface area is 149 Å². The Bertz CT molecular complexity index is 779. The molecule has 4 nitrogen and oxygen atoms in total. The number of nitrogens with zero attached hydrogens (tertiary/aromatic N) is 1. The fraction of sp³-hybridized carbons (Fsp3) is 0.476. The van der Waals surface area contributed by atoms with Crippen LogP contribution in [0.15, 0.2) is 36.5 Å². The van der Waals surface area contributed by atoms with Crippen molar-refractivity contribution >= 4 is 22.6 Å². The third-order valence-electron chi connectivity index (χ3n) is 5.29. The largest absolute Gasteiger partial charge is 0.342 e. The van der Waals surface area contributed by atoms with E-state index in [9.17, 15) is 9.59 Å². The predicted molar refractivity (Wildman–Crippen MR) is 98.3 cm³/mol. The molecular weight excluding hydrogens is 312 g/mol. The number of para-hydroxylation sites is 1. The molecule has 1 aromatic carbocycles. The molecule has 0 radical (unpaired) electrons. The van der Waals surface area contributed by atoms with Gasteiger partial charge in [-0.1, -0.05) is 38.3 Å². The van der Waals surface area contributed by atoms with E-state index in [1.165, 1.54) is 6.42 Å². The molecule has 1 heterocycles. The van der Waals surface area contributed by atoms with Crippen LogP contribution in [-0.2, 0) is 11.8 Å². The SMILES string of the molecule is CCC(NC(=O)c1cc2ccccc2[n+](C)c1)C(=O)C1CCCCC1. The second-order valence-electron chi connectivity index (χ2n) is 7.07. The lowest BCUT2D eigenvalue weighted by Gasteiger charge is -2.25. The average Bonchev–Trinajstić information content (AvgIpc) is 2.66. The number of pyridine rings is 1. The first-order valence-electron chi connectivity index (χ1n) is 9.33. The van der Waals surface area contributed by atoms with Gasteiger partial charge in [0.1, 0.15) is 12.6 Å². The lowest BCUT2D eigenvalue weighted by atomic mass is 9.83. The number of carbonyl (C=O) groups excluding carboxylic acids is 2. The van der Waals surface area contributed by atoms with Crippen molar-refractivity contribution in [3.8, 4) is 0 Å². The molecule has 3 rings (SSSR count). The maximum Gasteiger partial charge on any atom is 0.257 e. The van der Waals surface area contributed by atoms with E-state index in [1.807, 2.05) is 55.1 Å². The zero-order valence-electron chi connectivity index (χ0n) is 15.1. The molecule has 1 aliphatic carbocycles. The van der Waals surface area contributed by atoms with E-state index in [0.717, 1.165) is 36.6 Å². The van der Waals surface area contributed by atoms with Crippen molar-refractivity contribution < 1.29 is 14.2 Å². The number of carbonyl (C=O) groups is 2. The van der Waals surface area contributed by atoms with Crippen LogP contribution in [0.2, 0.25) is 0 Å². The van der Waals surface area contributed by atoms with Crippen LogP contribution >= 0.6 is 0 Å². The van der Waals surface area contributed by atoms with Crippen LogP contribution in [0.1, 0.15) is 55.8 Å². The monoisotopic (exact) mass is 339 g/mol. The average molecular weight is 339 g/mol. The summed E-state index contributed by atoms with van der Waals surface area (Å²) in [5.41, 5.74) is 1.67. The Morgan fingerprint density at radius 1 is 1.20 bits per heavy atom. The molecular formula is C21H27N2O2+. The molecule has 0 bridgehead atoms. The van der Waals surface area contributed by atoms with Gasteiger partial charge in [-0.05, 0) is 31.4 Å². The molecule has 2 aromatic rings. The van der Waals surface area contributed by atoms with Crippen molar-refractivity contribution in [2.24, 2.45) is 13.0 Å². The first-order chi connectivity index (χ1) is 12.1.